The highest BCUT2D eigenvalue weighted by Gasteiger charge is 2.38. The highest BCUT2D eigenvalue weighted by Crippen LogP contribution is 2.44. The van der Waals surface area contributed by atoms with E-state index < -0.39 is 11.9 Å². The maximum absolute atomic E-state index is 13.1. The number of nitrogens with one attached hydrogen (secondary N) is 1. The lowest BCUT2D eigenvalue weighted by Crippen LogP contribution is -2.32. The molecule has 2 aromatic carbocycles. The summed E-state index contributed by atoms with van der Waals surface area (Å²) < 4.78 is 16.7. The van der Waals surface area contributed by atoms with Crippen molar-refractivity contribution in [3.05, 3.63) is 81.5 Å². The quantitative estimate of drug-likeness (QED) is 0.631. The van der Waals surface area contributed by atoms with Gasteiger partial charge in [-0.15, -0.1) is 0 Å². The number of esters is 1. The lowest BCUT2D eigenvalue weighted by atomic mass is 9.83. The number of carbonyl (C=O) groups excluding carboxylic acids is 1. The molecule has 2 heterocycles. The Kier molecular flexibility index (Phi) is 5.18. The van der Waals surface area contributed by atoms with Crippen molar-refractivity contribution in [2.45, 2.75) is 19.8 Å². The van der Waals surface area contributed by atoms with Crippen LogP contribution >= 0.6 is 0 Å². The summed E-state index contributed by atoms with van der Waals surface area (Å²) >= 11 is 0. The van der Waals surface area contributed by atoms with Crippen LogP contribution in [-0.2, 0) is 9.53 Å². The number of ether oxygens (including phenoxy) is 3. The van der Waals surface area contributed by atoms with Gasteiger partial charge in [-0.1, -0.05) is 24.3 Å². The number of para-hydroxylation sites is 1. The molecule has 0 spiro atoms. The monoisotopic (exact) mass is 406 g/mol. The van der Waals surface area contributed by atoms with E-state index in [0.29, 0.717) is 40.1 Å². The van der Waals surface area contributed by atoms with Crippen molar-refractivity contribution >= 4 is 16.9 Å². The molecule has 1 aliphatic heterocycles. The number of rotatable bonds is 5. The van der Waals surface area contributed by atoms with E-state index in [0.717, 1.165) is 0 Å². The first-order chi connectivity index (χ1) is 14.5. The molecule has 1 atom stereocenters. The molecular weight excluding hydrogens is 384 g/mol. The van der Waals surface area contributed by atoms with Gasteiger partial charge in [-0.2, -0.15) is 0 Å². The summed E-state index contributed by atoms with van der Waals surface area (Å²) in [5.41, 5.74) is 7.55. The van der Waals surface area contributed by atoms with Gasteiger partial charge in [0, 0.05) is 5.39 Å². The van der Waals surface area contributed by atoms with Crippen molar-refractivity contribution < 1.29 is 19.0 Å². The van der Waals surface area contributed by atoms with Crippen molar-refractivity contribution in [2.75, 3.05) is 13.2 Å². The molecule has 1 aromatic heterocycles. The first-order valence-electron chi connectivity index (χ1n) is 9.77. The molecule has 7 heteroatoms. The van der Waals surface area contributed by atoms with Gasteiger partial charge in [0.25, 0.3) is 5.56 Å². The van der Waals surface area contributed by atoms with Crippen molar-refractivity contribution in [3.63, 3.8) is 0 Å². The van der Waals surface area contributed by atoms with Crippen molar-refractivity contribution in [2.24, 2.45) is 5.73 Å². The zero-order chi connectivity index (χ0) is 21.3. The summed E-state index contributed by atoms with van der Waals surface area (Å²) in [5.74, 6) is -0.501. The van der Waals surface area contributed by atoms with Crippen LogP contribution < -0.4 is 20.8 Å². The molecule has 0 saturated heterocycles. The van der Waals surface area contributed by atoms with Gasteiger partial charge in [0.05, 0.1) is 30.2 Å². The maximum Gasteiger partial charge on any atom is 0.340 e. The first kappa shape index (κ1) is 19.6. The predicted molar refractivity (Wildman–Crippen MR) is 112 cm³/mol. The Bertz CT molecular complexity index is 1210. The van der Waals surface area contributed by atoms with Crippen LogP contribution in [0.5, 0.6) is 11.5 Å². The molecule has 0 radical (unpaired) electrons. The Labute approximate surface area is 173 Å². The third-order valence-corrected chi connectivity index (χ3v) is 4.96. The minimum absolute atomic E-state index is 0.0801. The summed E-state index contributed by atoms with van der Waals surface area (Å²) in [7, 11) is 0. The van der Waals surface area contributed by atoms with E-state index in [2.05, 4.69) is 4.98 Å². The first-order valence-corrected chi connectivity index (χ1v) is 9.77. The number of hydrogen-bond donors (Lipinski definition) is 2. The third-order valence-electron chi connectivity index (χ3n) is 4.96. The number of hydrogen-bond acceptors (Lipinski definition) is 6. The molecule has 0 saturated carbocycles. The maximum atomic E-state index is 13.1. The second-order valence-electron chi connectivity index (χ2n) is 6.78. The Morgan fingerprint density at radius 1 is 1.13 bits per heavy atom. The standard InChI is InChI=1S/C23H22N2O5/c1-3-28-14-9-7-8-13(12-14)17-18-20(30-21(24)19(17)23(27)29-4-2)15-10-5-6-11-16(15)25-22(18)26/h5-12,17H,3-4,24H2,1-2H3,(H,25,26)/t17-/m1/s1. The smallest absolute Gasteiger partial charge is 0.340 e. The van der Waals surface area contributed by atoms with E-state index in [4.69, 9.17) is 19.9 Å². The summed E-state index contributed by atoms with van der Waals surface area (Å²) in [5, 5.41) is 0.698. The van der Waals surface area contributed by atoms with Gasteiger partial charge in [-0.3, -0.25) is 4.79 Å². The van der Waals surface area contributed by atoms with Gasteiger partial charge in [0.15, 0.2) is 0 Å². The number of nitrogens with two attached hydrogens (primary N) is 1. The topological polar surface area (TPSA) is 104 Å². The molecule has 1 aliphatic rings. The van der Waals surface area contributed by atoms with Crippen LogP contribution in [0.25, 0.3) is 10.9 Å². The summed E-state index contributed by atoms with van der Waals surface area (Å²) in [6.07, 6.45) is 0. The molecule has 0 bridgehead atoms. The van der Waals surface area contributed by atoms with Gasteiger partial charge in [-0.05, 0) is 43.7 Å². The van der Waals surface area contributed by atoms with Gasteiger partial charge in [-0.25, -0.2) is 4.79 Å². The number of fused-ring (bicyclic) bond motifs is 3. The van der Waals surface area contributed by atoms with Crippen LogP contribution in [0.4, 0.5) is 0 Å². The molecule has 7 nitrogen and oxygen atoms in total. The SMILES string of the molecule is CCOC(=O)C1=C(N)Oc2c(c(=O)[nH]c3ccccc23)[C@H]1c1cccc(OCC)c1. The fourth-order valence-corrected chi connectivity index (χ4v) is 3.76. The van der Waals surface area contributed by atoms with Crippen molar-refractivity contribution in [1.82, 2.24) is 4.98 Å². The lowest BCUT2D eigenvalue weighted by Gasteiger charge is -2.28. The largest absolute Gasteiger partial charge is 0.494 e. The summed E-state index contributed by atoms with van der Waals surface area (Å²) in [4.78, 5) is 28.8. The molecule has 154 valence electrons. The zero-order valence-electron chi connectivity index (χ0n) is 16.7. The molecular formula is C23H22N2O5. The summed E-state index contributed by atoms with van der Waals surface area (Å²) in [6, 6.07) is 14.5. The minimum Gasteiger partial charge on any atom is -0.494 e. The second-order valence-corrected chi connectivity index (χ2v) is 6.78. The molecule has 3 N–H and O–H groups in total. The van der Waals surface area contributed by atoms with Gasteiger partial charge in [0.1, 0.15) is 17.1 Å². The average Bonchev–Trinajstić information content (AvgIpc) is 2.73. The van der Waals surface area contributed by atoms with E-state index in [1.54, 1.807) is 19.1 Å². The molecule has 0 unspecified atom stereocenters. The van der Waals surface area contributed by atoms with E-state index in [1.165, 1.54) is 0 Å². The number of H-pyrrole nitrogens is 1. The van der Waals surface area contributed by atoms with Crippen LogP contribution in [0, 0.1) is 0 Å². The van der Waals surface area contributed by atoms with Crippen LogP contribution in [0.3, 0.4) is 0 Å². The minimum atomic E-state index is -0.762. The van der Waals surface area contributed by atoms with E-state index >= 15 is 0 Å². The fourth-order valence-electron chi connectivity index (χ4n) is 3.76. The number of benzene rings is 2. The second kappa shape index (κ2) is 7.94. The average molecular weight is 406 g/mol. The molecule has 4 rings (SSSR count). The van der Waals surface area contributed by atoms with E-state index in [-0.39, 0.29) is 23.6 Å². The Balaban J connectivity index is 2.01. The van der Waals surface area contributed by atoms with Crippen molar-refractivity contribution in [3.8, 4) is 11.5 Å². The number of aromatic amines is 1. The highest BCUT2D eigenvalue weighted by molar-refractivity contribution is 5.95. The lowest BCUT2D eigenvalue weighted by molar-refractivity contribution is -0.139. The number of pyridine rings is 1. The van der Waals surface area contributed by atoms with E-state index in [1.807, 2.05) is 43.3 Å². The highest BCUT2D eigenvalue weighted by atomic mass is 16.5. The van der Waals surface area contributed by atoms with Crippen LogP contribution in [0.2, 0.25) is 0 Å². The normalized spacial score (nSPS) is 15.5. The Hall–Kier alpha value is -3.74. The molecule has 0 aliphatic carbocycles. The van der Waals surface area contributed by atoms with Crippen LogP contribution in [-0.4, -0.2) is 24.2 Å². The molecule has 0 fully saturated rings. The fraction of sp³-hybridized carbons (Fsp3) is 0.217. The van der Waals surface area contributed by atoms with Crippen LogP contribution in [0.15, 0.2) is 64.8 Å². The number of carbonyl (C=O) groups is 1. The van der Waals surface area contributed by atoms with Gasteiger partial charge < -0.3 is 24.9 Å². The van der Waals surface area contributed by atoms with Crippen molar-refractivity contribution in [1.29, 1.82) is 0 Å². The molecule has 3 aromatic rings. The predicted octanol–water partition coefficient (Wildman–Crippen LogP) is 3.18. The van der Waals surface area contributed by atoms with Gasteiger partial charge in [0.2, 0.25) is 5.88 Å². The molecule has 30 heavy (non-hydrogen) atoms. The summed E-state index contributed by atoms with van der Waals surface area (Å²) in [6.45, 7) is 4.25. The number of aromatic nitrogens is 1. The third kappa shape index (κ3) is 3.28. The Morgan fingerprint density at radius 2 is 1.93 bits per heavy atom. The van der Waals surface area contributed by atoms with Gasteiger partial charge >= 0.3 is 5.97 Å². The van der Waals surface area contributed by atoms with E-state index in [9.17, 15) is 9.59 Å². The molecule has 0 amide bonds. The van der Waals surface area contributed by atoms with Crippen LogP contribution in [0.1, 0.15) is 30.9 Å². The Morgan fingerprint density at radius 3 is 2.70 bits per heavy atom. The zero-order valence-corrected chi connectivity index (χ0v) is 16.7.